The Morgan fingerprint density at radius 2 is 1.69 bits per heavy atom. The van der Waals surface area contributed by atoms with Crippen molar-refractivity contribution in [3.05, 3.63) is 35.1 Å². The fourth-order valence-corrected chi connectivity index (χ4v) is 2.03. The Hall–Kier alpha value is -1.03. The molecule has 1 nitrogen and oxygen atoms in total. The average molecular weight is 230 g/mol. The highest BCUT2D eigenvalue weighted by Gasteiger charge is 2.50. The Kier molecular flexibility index (Phi) is 2.49. The molecule has 0 spiro atoms. The Morgan fingerprint density at radius 3 is 2.19 bits per heavy atom. The molecular weight excluding hydrogens is 217 g/mol. The van der Waals surface area contributed by atoms with Crippen LogP contribution in [0.15, 0.2) is 12.1 Å². The maximum atomic E-state index is 13.4. The Labute approximate surface area is 91.9 Å². The SMILES string of the molecule is CC1(C)CC1C(O)c1cc(F)c(F)cc1F. The predicted molar refractivity (Wildman–Crippen MR) is 53.2 cm³/mol. The molecule has 1 fully saturated rings. The standard InChI is InChI=1S/C12H13F3O/c1-12(2)5-7(12)11(16)6-3-9(14)10(15)4-8(6)13/h3-4,7,11,16H,5H2,1-2H3. The Balaban J connectivity index is 2.31. The molecule has 1 N–H and O–H groups in total. The van der Waals surface area contributed by atoms with Crippen LogP contribution in [0.4, 0.5) is 13.2 Å². The van der Waals surface area contributed by atoms with E-state index in [-0.39, 0.29) is 16.9 Å². The lowest BCUT2D eigenvalue weighted by Crippen LogP contribution is -2.08. The third-order valence-corrected chi connectivity index (χ3v) is 3.33. The van der Waals surface area contributed by atoms with Crippen molar-refractivity contribution in [2.24, 2.45) is 11.3 Å². The summed E-state index contributed by atoms with van der Waals surface area (Å²) in [5.74, 6) is -3.35. The molecule has 88 valence electrons. The highest BCUT2D eigenvalue weighted by Crippen LogP contribution is 2.57. The van der Waals surface area contributed by atoms with E-state index in [0.29, 0.717) is 6.07 Å². The van der Waals surface area contributed by atoms with E-state index in [2.05, 4.69) is 0 Å². The van der Waals surface area contributed by atoms with Crippen molar-refractivity contribution < 1.29 is 18.3 Å². The summed E-state index contributed by atoms with van der Waals surface area (Å²) in [4.78, 5) is 0. The minimum atomic E-state index is -1.23. The van der Waals surface area contributed by atoms with Gasteiger partial charge in [-0.3, -0.25) is 0 Å². The number of benzene rings is 1. The molecule has 0 aliphatic heterocycles. The lowest BCUT2D eigenvalue weighted by molar-refractivity contribution is 0.133. The highest BCUT2D eigenvalue weighted by molar-refractivity contribution is 5.25. The van der Waals surface area contributed by atoms with Gasteiger partial charge in [-0.15, -0.1) is 0 Å². The van der Waals surface area contributed by atoms with Crippen molar-refractivity contribution >= 4 is 0 Å². The summed E-state index contributed by atoms with van der Waals surface area (Å²) in [7, 11) is 0. The Bertz CT molecular complexity index is 429. The second-order valence-corrected chi connectivity index (χ2v) is 5.03. The zero-order chi connectivity index (χ0) is 12.1. The summed E-state index contributed by atoms with van der Waals surface area (Å²) in [6, 6.07) is 1.22. The summed E-state index contributed by atoms with van der Waals surface area (Å²) in [6.07, 6.45) is -0.308. The third kappa shape index (κ3) is 1.82. The summed E-state index contributed by atoms with van der Waals surface area (Å²) in [5.41, 5.74) is -0.217. The number of hydrogen-bond donors (Lipinski definition) is 1. The summed E-state index contributed by atoms with van der Waals surface area (Å²) in [6.45, 7) is 3.89. The van der Waals surface area contributed by atoms with Gasteiger partial charge in [0.25, 0.3) is 0 Å². The molecule has 1 aromatic rings. The molecule has 2 unspecified atom stereocenters. The lowest BCUT2D eigenvalue weighted by atomic mass is 9.99. The van der Waals surface area contributed by atoms with E-state index >= 15 is 0 Å². The van der Waals surface area contributed by atoms with Crippen molar-refractivity contribution in [2.45, 2.75) is 26.4 Å². The van der Waals surface area contributed by atoms with Crippen LogP contribution in [0.3, 0.4) is 0 Å². The van der Waals surface area contributed by atoms with E-state index in [1.165, 1.54) is 0 Å². The molecule has 2 rings (SSSR count). The summed E-state index contributed by atoms with van der Waals surface area (Å²) in [5, 5.41) is 9.86. The first-order chi connectivity index (χ1) is 7.33. The van der Waals surface area contributed by atoms with Crippen LogP contribution in [0.2, 0.25) is 0 Å². The van der Waals surface area contributed by atoms with E-state index < -0.39 is 23.6 Å². The van der Waals surface area contributed by atoms with E-state index in [1.807, 2.05) is 13.8 Å². The minimum absolute atomic E-state index is 0.0588. The van der Waals surface area contributed by atoms with Gasteiger partial charge in [-0.25, -0.2) is 13.2 Å². The minimum Gasteiger partial charge on any atom is -0.388 e. The fraction of sp³-hybridized carbons (Fsp3) is 0.500. The molecule has 0 bridgehead atoms. The van der Waals surface area contributed by atoms with Gasteiger partial charge in [0.2, 0.25) is 0 Å². The zero-order valence-electron chi connectivity index (χ0n) is 9.10. The number of halogens is 3. The largest absolute Gasteiger partial charge is 0.388 e. The molecule has 2 atom stereocenters. The van der Waals surface area contributed by atoms with Gasteiger partial charge in [0.15, 0.2) is 11.6 Å². The van der Waals surface area contributed by atoms with E-state index in [1.54, 1.807) is 0 Å². The van der Waals surface area contributed by atoms with Crippen LogP contribution >= 0.6 is 0 Å². The van der Waals surface area contributed by atoms with Crippen molar-refractivity contribution in [1.82, 2.24) is 0 Å². The summed E-state index contributed by atoms with van der Waals surface area (Å²) < 4.78 is 39.0. The molecule has 0 radical (unpaired) electrons. The van der Waals surface area contributed by atoms with Crippen LogP contribution in [-0.4, -0.2) is 5.11 Å². The van der Waals surface area contributed by atoms with Crippen LogP contribution < -0.4 is 0 Å². The van der Waals surface area contributed by atoms with Gasteiger partial charge < -0.3 is 5.11 Å². The number of aliphatic hydroxyl groups excluding tert-OH is 1. The monoisotopic (exact) mass is 230 g/mol. The molecule has 0 aromatic heterocycles. The van der Waals surface area contributed by atoms with Crippen LogP contribution in [0.1, 0.15) is 31.9 Å². The van der Waals surface area contributed by atoms with Gasteiger partial charge >= 0.3 is 0 Å². The van der Waals surface area contributed by atoms with Crippen LogP contribution in [0.5, 0.6) is 0 Å². The maximum Gasteiger partial charge on any atom is 0.161 e. The fourth-order valence-electron chi connectivity index (χ4n) is 2.03. The molecule has 4 heteroatoms. The highest BCUT2D eigenvalue weighted by atomic mass is 19.2. The lowest BCUT2D eigenvalue weighted by Gasteiger charge is -2.14. The molecule has 0 saturated heterocycles. The number of hydrogen-bond acceptors (Lipinski definition) is 1. The molecule has 1 aliphatic carbocycles. The summed E-state index contributed by atoms with van der Waals surface area (Å²) >= 11 is 0. The molecular formula is C12H13F3O. The smallest absolute Gasteiger partial charge is 0.161 e. The quantitative estimate of drug-likeness (QED) is 0.773. The van der Waals surface area contributed by atoms with Gasteiger partial charge in [-0.05, 0) is 23.8 Å². The van der Waals surface area contributed by atoms with E-state index in [9.17, 15) is 18.3 Å². The Morgan fingerprint density at radius 1 is 1.19 bits per heavy atom. The van der Waals surface area contributed by atoms with Gasteiger partial charge in [-0.1, -0.05) is 13.8 Å². The zero-order valence-corrected chi connectivity index (χ0v) is 9.10. The van der Waals surface area contributed by atoms with Crippen LogP contribution in [0.25, 0.3) is 0 Å². The van der Waals surface area contributed by atoms with Gasteiger partial charge in [0.05, 0.1) is 6.10 Å². The first kappa shape index (κ1) is 11.5. The maximum absolute atomic E-state index is 13.4. The van der Waals surface area contributed by atoms with Gasteiger partial charge in [0, 0.05) is 11.6 Å². The molecule has 16 heavy (non-hydrogen) atoms. The average Bonchev–Trinajstić information content (AvgIpc) is 2.80. The molecule has 0 heterocycles. The van der Waals surface area contributed by atoms with Gasteiger partial charge in [0.1, 0.15) is 5.82 Å². The van der Waals surface area contributed by atoms with Crippen LogP contribution in [-0.2, 0) is 0 Å². The first-order valence-electron chi connectivity index (χ1n) is 5.15. The molecule has 1 aromatic carbocycles. The predicted octanol–water partition coefficient (Wildman–Crippen LogP) is 3.18. The second-order valence-electron chi connectivity index (χ2n) is 5.03. The van der Waals surface area contributed by atoms with Crippen molar-refractivity contribution in [3.8, 4) is 0 Å². The van der Waals surface area contributed by atoms with E-state index in [0.717, 1.165) is 12.5 Å². The number of rotatable bonds is 2. The topological polar surface area (TPSA) is 20.2 Å². The second kappa shape index (κ2) is 3.48. The van der Waals surface area contributed by atoms with Crippen molar-refractivity contribution in [1.29, 1.82) is 0 Å². The van der Waals surface area contributed by atoms with Crippen molar-refractivity contribution in [2.75, 3.05) is 0 Å². The first-order valence-corrected chi connectivity index (χ1v) is 5.15. The normalized spacial score (nSPS) is 24.2. The molecule has 0 amide bonds. The number of aliphatic hydroxyl groups is 1. The third-order valence-electron chi connectivity index (χ3n) is 3.33. The molecule has 1 aliphatic rings. The van der Waals surface area contributed by atoms with Gasteiger partial charge in [-0.2, -0.15) is 0 Å². The molecule has 1 saturated carbocycles. The van der Waals surface area contributed by atoms with Crippen molar-refractivity contribution in [3.63, 3.8) is 0 Å². The van der Waals surface area contributed by atoms with E-state index in [4.69, 9.17) is 0 Å². The van der Waals surface area contributed by atoms with Crippen LogP contribution in [0, 0.1) is 28.8 Å².